The molecule has 0 unspecified atom stereocenters. The lowest BCUT2D eigenvalue weighted by Gasteiger charge is -2.16. The number of hydrogen-bond donors (Lipinski definition) is 2. The maximum atomic E-state index is 12.6. The molecule has 1 aliphatic rings. The van der Waals surface area contributed by atoms with Gasteiger partial charge in [-0.25, -0.2) is 0 Å². The molecule has 0 aromatic heterocycles. The molecule has 2 amide bonds. The van der Waals surface area contributed by atoms with Crippen molar-refractivity contribution >= 4 is 34.8 Å². The van der Waals surface area contributed by atoms with Crippen LogP contribution in [0, 0.1) is 12.3 Å². The highest BCUT2D eigenvalue weighted by Crippen LogP contribution is 2.47. The Kier molecular flexibility index (Phi) is 5.18. The van der Waals surface area contributed by atoms with Crippen molar-refractivity contribution in [3.8, 4) is 5.75 Å². The van der Waals surface area contributed by atoms with Crippen LogP contribution in [0.2, 0.25) is 5.02 Å². The molecule has 6 heteroatoms. The number of nitrogens with one attached hydrogen (secondary N) is 2. The van der Waals surface area contributed by atoms with E-state index in [0.29, 0.717) is 35.8 Å². The van der Waals surface area contributed by atoms with Gasteiger partial charge in [-0.3, -0.25) is 9.59 Å². The second-order valence-electron chi connectivity index (χ2n) is 6.41. The van der Waals surface area contributed by atoms with E-state index >= 15 is 0 Å². The Balaban J connectivity index is 1.66. The lowest BCUT2D eigenvalue weighted by Crippen LogP contribution is -2.35. The highest BCUT2D eigenvalue weighted by Gasteiger charge is 2.56. The Bertz CT molecular complexity index is 829. The van der Waals surface area contributed by atoms with E-state index in [4.69, 9.17) is 16.3 Å². The highest BCUT2D eigenvalue weighted by molar-refractivity contribution is 6.31. The fourth-order valence-electron chi connectivity index (χ4n) is 2.66. The Labute approximate surface area is 157 Å². The number of amides is 2. The van der Waals surface area contributed by atoms with Gasteiger partial charge in [0.15, 0.2) is 0 Å². The molecule has 5 nitrogen and oxygen atoms in total. The van der Waals surface area contributed by atoms with Gasteiger partial charge in [0.25, 0.3) is 0 Å². The van der Waals surface area contributed by atoms with Crippen LogP contribution in [0.1, 0.15) is 25.3 Å². The summed E-state index contributed by atoms with van der Waals surface area (Å²) >= 11 is 6.09. The van der Waals surface area contributed by atoms with Crippen molar-refractivity contribution in [1.82, 2.24) is 0 Å². The van der Waals surface area contributed by atoms with Gasteiger partial charge in [-0.15, -0.1) is 0 Å². The maximum Gasteiger partial charge on any atom is 0.240 e. The summed E-state index contributed by atoms with van der Waals surface area (Å²) in [5.41, 5.74) is 1.14. The van der Waals surface area contributed by atoms with Crippen LogP contribution in [0.25, 0.3) is 0 Å². The molecule has 26 heavy (non-hydrogen) atoms. The van der Waals surface area contributed by atoms with Crippen LogP contribution in [0.4, 0.5) is 11.4 Å². The number of aryl methyl sites for hydroxylation is 1. The van der Waals surface area contributed by atoms with Crippen LogP contribution in [-0.4, -0.2) is 18.4 Å². The molecule has 2 aromatic carbocycles. The summed E-state index contributed by atoms with van der Waals surface area (Å²) in [4.78, 5) is 25.3. The Hall–Kier alpha value is -2.53. The van der Waals surface area contributed by atoms with Gasteiger partial charge in [-0.2, -0.15) is 0 Å². The van der Waals surface area contributed by atoms with Gasteiger partial charge in [0.05, 0.1) is 6.61 Å². The first-order valence-electron chi connectivity index (χ1n) is 8.56. The smallest absolute Gasteiger partial charge is 0.240 e. The standard InChI is InChI=1S/C20H21ClN2O3/c1-3-26-16-8-6-14(7-9-16)22-18(24)20(10-11-20)19(25)23-15-5-4-13(2)17(21)12-15/h4-9,12H,3,10-11H2,1-2H3,(H,22,24)(H,23,25). The fourth-order valence-corrected chi connectivity index (χ4v) is 2.84. The second kappa shape index (κ2) is 7.38. The zero-order valence-electron chi connectivity index (χ0n) is 14.8. The molecule has 0 spiro atoms. The largest absolute Gasteiger partial charge is 0.494 e. The zero-order valence-corrected chi connectivity index (χ0v) is 15.5. The third kappa shape index (κ3) is 3.83. The van der Waals surface area contributed by atoms with Crippen molar-refractivity contribution in [2.45, 2.75) is 26.7 Å². The van der Waals surface area contributed by atoms with E-state index < -0.39 is 5.41 Å². The fraction of sp³-hybridized carbons (Fsp3) is 0.300. The summed E-state index contributed by atoms with van der Waals surface area (Å²) in [6.45, 7) is 4.38. The third-order valence-electron chi connectivity index (χ3n) is 4.47. The predicted molar refractivity (Wildman–Crippen MR) is 103 cm³/mol. The summed E-state index contributed by atoms with van der Waals surface area (Å²) in [5, 5.41) is 6.20. The van der Waals surface area contributed by atoms with Gasteiger partial charge in [0.2, 0.25) is 11.8 Å². The van der Waals surface area contributed by atoms with E-state index in [2.05, 4.69) is 10.6 Å². The van der Waals surface area contributed by atoms with Gasteiger partial charge in [0.1, 0.15) is 11.2 Å². The first-order valence-corrected chi connectivity index (χ1v) is 8.94. The molecule has 3 rings (SSSR count). The highest BCUT2D eigenvalue weighted by atomic mass is 35.5. The first-order chi connectivity index (χ1) is 12.4. The number of ether oxygens (including phenoxy) is 1. The molecule has 136 valence electrons. The molecule has 0 aliphatic heterocycles. The lowest BCUT2D eigenvalue weighted by molar-refractivity contribution is -0.131. The van der Waals surface area contributed by atoms with Crippen molar-refractivity contribution in [3.63, 3.8) is 0 Å². The summed E-state index contributed by atoms with van der Waals surface area (Å²) in [6, 6.07) is 12.4. The van der Waals surface area contributed by atoms with E-state index in [1.165, 1.54) is 0 Å². The zero-order chi connectivity index (χ0) is 18.7. The molecular formula is C20H21ClN2O3. The number of halogens is 1. The molecule has 1 aliphatic carbocycles. The SMILES string of the molecule is CCOc1ccc(NC(=O)C2(C(=O)Nc3ccc(C)c(Cl)c3)CC2)cc1. The van der Waals surface area contributed by atoms with Crippen molar-refractivity contribution in [3.05, 3.63) is 53.1 Å². The minimum atomic E-state index is -1.02. The molecule has 0 radical (unpaired) electrons. The number of hydrogen-bond acceptors (Lipinski definition) is 3. The number of benzene rings is 2. The average Bonchev–Trinajstić information content (AvgIpc) is 3.42. The number of anilines is 2. The number of carbonyl (C=O) groups is 2. The quantitative estimate of drug-likeness (QED) is 0.738. The van der Waals surface area contributed by atoms with Crippen molar-refractivity contribution in [2.24, 2.45) is 5.41 Å². The van der Waals surface area contributed by atoms with Gasteiger partial charge in [0, 0.05) is 16.4 Å². The normalized spacial score (nSPS) is 14.4. The Morgan fingerprint density at radius 1 is 1.04 bits per heavy atom. The van der Waals surface area contributed by atoms with Crippen molar-refractivity contribution in [2.75, 3.05) is 17.2 Å². The summed E-state index contributed by atoms with van der Waals surface area (Å²) in [5.74, 6) is 0.138. The average molecular weight is 373 g/mol. The maximum absolute atomic E-state index is 12.6. The predicted octanol–water partition coefficient (Wildman–Crippen LogP) is 4.40. The van der Waals surface area contributed by atoms with E-state index in [1.54, 1.807) is 36.4 Å². The molecule has 1 saturated carbocycles. The monoisotopic (exact) mass is 372 g/mol. The molecular weight excluding hydrogens is 352 g/mol. The number of rotatable bonds is 6. The van der Waals surface area contributed by atoms with Crippen molar-refractivity contribution < 1.29 is 14.3 Å². The number of carbonyl (C=O) groups excluding carboxylic acids is 2. The van der Waals surface area contributed by atoms with Crippen LogP contribution in [0.3, 0.4) is 0 Å². The summed E-state index contributed by atoms with van der Waals surface area (Å²) < 4.78 is 5.38. The molecule has 2 N–H and O–H groups in total. The minimum Gasteiger partial charge on any atom is -0.494 e. The van der Waals surface area contributed by atoms with E-state index in [1.807, 2.05) is 19.9 Å². The van der Waals surface area contributed by atoms with Crippen molar-refractivity contribution in [1.29, 1.82) is 0 Å². The van der Waals surface area contributed by atoms with Gasteiger partial charge in [-0.1, -0.05) is 17.7 Å². The van der Waals surface area contributed by atoms with Crippen LogP contribution >= 0.6 is 11.6 Å². The molecule has 1 fully saturated rings. The van der Waals surface area contributed by atoms with Gasteiger partial charge < -0.3 is 15.4 Å². The first kappa shape index (κ1) is 18.3. The second-order valence-corrected chi connectivity index (χ2v) is 6.82. The van der Waals surface area contributed by atoms with Crippen LogP contribution < -0.4 is 15.4 Å². The molecule has 0 atom stereocenters. The molecule has 2 aromatic rings. The molecule has 0 heterocycles. The van der Waals surface area contributed by atoms with E-state index in [9.17, 15) is 9.59 Å². The van der Waals surface area contributed by atoms with Crippen LogP contribution in [0.15, 0.2) is 42.5 Å². The Morgan fingerprint density at radius 3 is 2.15 bits per heavy atom. The third-order valence-corrected chi connectivity index (χ3v) is 4.88. The lowest BCUT2D eigenvalue weighted by atomic mass is 10.0. The Morgan fingerprint density at radius 2 is 1.62 bits per heavy atom. The topological polar surface area (TPSA) is 67.4 Å². The summed E-state index contributed by atoms with van der Waals surface area (Å²) in [6.07, 6.45) is 1.06. The molecule has 0 saturated heterocycles. The van der Waals surface area contributed by atoms with E-state index in [-0.39, 0.29) is 11.8 Å². The summed E-state index contributed by atoms with van der Waals surface area (Å²) in [7, 11) is 0. The van der Waals surface area contributed by atoms with E-state index in [0.717, 1.165) is 11.3 Å². The van der Waals surface area contributed by atoms with Crippen LogP contribution in [0.5, 0.6) is 5.75 Å². The van der Waals surface area contributed by atoms with Gasteiger partial charge in [-0.05, 0) is 68.7 Å². The molecule has 0 bridgehead atoms. The van der Waals surface area contributed by atoms with Crippen LogP contribution in [-0.2, 0) is 9.59 Å². The minimum absolute atomic E-state index is 0.294. The van der Waals surface area contributed by atoms with Gasteiger partial charge >= 0.3 is 0 Å².